The van der Waals surface area contributed by atoms with Crippen LogP contribution in [0.5, 0.6) is 0 Å². The average Bonchev–Trinajstić information content (AvgIpc) is 2.84. The zero-order chi connectivity index (χ0) is 15.0. The number of fused-ring (bicyclic) bond motifs is 1. The fourth-order valence-corrected chi connectivity index (χ4v) is 3.87. The third-order valence-corrected chi connectivity index (χ3v) is 5.08. The monoisotopic (exact) mass is 370 g/mol. The van der Waals surface area contributed by atoms with Crippen LogP contribution in [0.4, 0.5) is 15.2 Å². The number of carboxylic acids is 1. The van der Waals surface area contributed by atoms with Crippen molar-refractivity contribution in [3.05, 3.63) is 39.1 Å². The Morgan fingerprint density at radius 3 is 3.05 bits per heavy atom. The summed E-state index contributed by atoms with van der Waals surface area (Å²) in [4.78, 5) is 16.7. The van der Waals surface area contributed by atoms with Crippen LogP contribution in [0.2, 0.25) is 0 Å². The van der Waals surface area contributed by atoms with Crippen molar-refractivity contribution in [2.45, 2.75) is 25.2 Å². The number of carbonyl (C=O) groups is 1. The Bertz CT molecular complexity index is 704. The third-order valence-electron chi connectivity index (χ3n) is 3.42. The van der Waals surface area contributed by atoms with Gasteiger partial charge in [-0.15, -0.1) is 11.3 Å². The van der Waals surface area contributed by atoms with Crippen LogP contribution in [0.1, 0.15) is 29.3 Å². The minimum absolute atomic E-state index is 0.329. The van der Waals surface area contributed by atoms with Crippen LogP contribution in [0.25, 0.3) is 0 Å². The lowest BCUT2D eigenvalue weighted by Gasteiger charge is -2.16. The molecule has 1 aromatic heterocycles. The van der Waals surface area contributed by atoms with E-state index < -0.39 is 11.9 Å². The third kappa shape index (κ3) is 2.94. The molecule has 110 valence electrons. The molecule has 0 radical (unpaired) electrons. The fourth-order valence-electron chi connectivity index (χ4n) is 2.41. The van der Waals surface area contributed by atoms with Gasteiger partial charge >= 0.3 is 5.97 Å². The van der Waals surface area contributed by atoms with E-state index in [1.54, 1.807) is 12.1 Å². The molecule has 1 heterocycles. The number of aryl methyl sites for hydroxylation is 1. The molecule has 1 unspecified atom stereocenters. The molecule has 0 aliphatic heterocycles. The first kappa shape index (κ1) is 14.5. The highest BCUT2D eigenvalue weighted by Crippen LogP contribution is 2.37. The Labute approximate surface area is 133 Å². The van der Waals surface area contributed by atoms with Gasteiger partial charge in [-0.2, -0.15) is 0 Å². The number of halogens is 2. The number of hydrogen-bond acceptors (Lipinski definition) is 4. The van der Waals surface area contributed by atoms with Crippen LogP contribution in [-0.4, -0.2) is 16.1 Å². The number of benzene rings is 1. The number of hydrogen-bond donors (Lipinski definition) is 2. The first-order valence-corrected chi connectivity index (χ1v) is 8.10. The summed E-state index contributed by atoms with van der Waals surface area (Å²) < 4.78 is 13.6. The van der Waals surface area contributed by atoms with Gasteiger partial charge in [0.25, 0.3) is 0 Å². The van der Waals surface area contributed by atoms with Gasteiger partial charge < -0.3 is 10.4 Å². The van der Waals surface area contributed by atoms with Crippen LogP contribution in [-0.2, 0) is 11.2 Å². The predicted molar refractivity (Wildman–Crippen MR) is 82.8 cm³/mol. The van der Waals surface area contributed by atoms with Gasteiger partial charge in [0.15, 0.2) is 5.13 Å². The molecular weight excluding hydrogens is 359 g/mol. The van der Waals surface area contributed by atoms with Crippen LogP contribution < -0.4 is 5.32 Å². The van der Waals surface area contributed by atoms with E-state index in [-0.39, 0.29) is 5.82 Å². The van der Waals surface area contributed by atoms with Gasteiger partial charge in [-0.05, 0) is 53.4 Å². The van der Waals surface area contributed by atoms with Gasteiger partial charge in [0.1, 0.15) is 11.7 Å². The summed E-state index contributed by atoms with van der Waals surface area (Å²) in [7, 11) is 0. The van der Waals surface area contributed by atoms with Crippen molar-refractivity contribution in [2.24, 2.45) is 0 Å². The molecule has 3 rings (SSSR count). The van der Waals surface area contributed by atoms with Gasteiger partial charge in [0.2, 0.25) is 0 Å². The SMILES string of the molecule is O=C(O)C1CCCc2sc(Nc3ccc(F)c(Br)c3)nc21. The number of aromatic nitrogens is 1. The fraction of sp³-hybridized carbons (Fsp3) is 0.286. The van der Waals surface area contributed by atoms with E-state index in [0.717, 1.165) is 17.7 Å². The molecule has 1 aromatic carbocycles. The van der Waals surface area contributed by atoms with Crippen LogP contribution >= 0.6 is 27.3 Å². The van der Waals surface area contributed by atoms with Crippen molar-refractivity contribution >= 4 is 44.1 Å². The highest BCUT2D eigenvalue weighted by molar-refractivity contribution is 9.10. The van der Waals surface area contributed by atoms with Crippen molar-refractivity contribution in [2.75, 3.05) is 5.32 Å². The van der Waals surface area contributed by atoms with Gasteiger partial charge in [0.05, 0.1) is 10.2 Å². The zero-order valence-electron chi connectivity index (χ0n) is 10.9. The summed E-state index contributed by atoms with van der Waals surface area (Å²) in [5, 5.41) is 13.0. The summed E-state index contributed by atoms with van der Waals surface area (Å²) in [5.74, 6) is -1.66. The molecule has 7 heteroatoms. The second kappa shape index (κ2) is 5.73. The second-order valence-corrected chi connectivity index (χ2v) is 6.80. The molecule has 1 aliphatic carbocycles. The summed E-state index contributed by atoms with van der Waals surface area (Å²) in [6.45, 7) is 0. The molecule has 1 atom stereocenters. The van der Waals surface area contributed by atoms with Crippen molar-refractivity contribution in [3.8, 4) is 0 Å². The number of nitrogens with zero attached hydrogens (tertiary/aromatic N) is 1. The molecule has 0 amide bonds. The molecule has 0 saturated carbocycles. The van der Waals surface area contributed by atoms with Crippen LogP contribution in [0.15, 0.2) is 22.7 Å². The summed E-state index contributed by atoms with van der Waals surface area (Å²) in [5.41, 5.74) is 1.38. The lowest BCUT2D eigenvalue weighted by Crippen LogP contribution is -2.17. The first-order valence-electron chi connectivity index (χ1n) is 6.49. The Kier molecular flexibility index (Phi) is 3.95. The molecule has 2 N–H and O–H groups in total. The van der Waals surface area contributed by atoms with E-state index in [4.69, 9.17) is 0 Å². The molecule has 21 heavy (non-hydrogen) atoms. The molecule has 4 nitrogen and oxygen atoms in total. The topological polar surface area (TPSA) is 62.2 Å². The maximum absolute atomic E-state index is 13.2. The van der Waals surface area contributed by atoms with E-state index in [0.29, 0.717) is 27.4 Å². The minimum Gasteiger partial charge on any atom is -0.481 e. The van der Waals surface area contributed by atoms with Crippen molar-refractivity contribution in [3.63, 3.8) is 0 Å². The van der Waals surface area contributed by atoms with Crippen molar-refractivity contribution in [1.82, 2.24) is 4.98 Å². The van der Waals surface area contributed by atoms with E-state index in [2.05, 4.69) is 26.2 Å². The number of carboxylic acid groups (broad SMARTS) is 1. The summed E-state index contributed by atoms with van der Waals surface area (Å²) in [6, 6.07) is 4.61. The number of thiazole rings is 1. The molecule has 0 fully saturated rings. The molecule has 1 aliphatic rings. The molecule has 0 spiro atoms. The average molecular weight is 371 g/mol. The quantitative estimate of drug-likeness (QED) is 0.845. The smallest absolute Gasteiger partial charge is 0.312 e. The Balaban J connectivity index is 1.87. The lowest BCUT2D eigenvalue weighted by molar-refractivity contribution is -0.139. The normalized spacial score (nSPS) is 17.3. The first-order chi connectivity index (χ1) is 10.0. The highest BCUT2D eigenvalue weighted by atomic mass is 79.9. The van der Waals surface area contributed by atoms with E-state index >= 15 is 0 Å². The van der Waals surface area contributed by atoms with Gasteiger partial charge in [-0.25, -0.2) is 9.37 Å². The number of aliphatic carboxylic acids is 1. The lowest BCUT2D eigenvalue weighted by atomic mass is 9.91. The molecule has 0 saturated heterocycles. The molecule has 2 aromatic rings. The second-order valence-electron chi connectivity index (χ2n) is 4.86. The minimum atomic E-state index is -0.822. The summed E-state index contributed by atoms with van der Waals surface area (Å²) in [6.07, 6.45) is 2.37. The van der Waals surface area contributed by atoms with Crippen molar-refractivity contribution < 1.29 is 14.3 Å². The van der Waals surface area contributed by atoms with Crippen LogP contribution in [0, 0.1) is 5.82 Å². The van der Waals surface area contributed by atoms with E-state index in [1.807, 2.05) is 0 Å². The van der Waals surface area contributed by atoms with Gasteiger partial charge in [-0.1, -0.05) is 0 Å². The highest BCUT2D eigenvalue weighted by Gasteiger charge is 2.29. The van der Waals surface area contributed by atoms with Gasteiger partial charge in [-0.3, -0.25) is 4.79 Å². The van der Waals surface area contributed by atoms with Crippen molar-refractivity contribution in [1.29, 1.82) is 0 Å². The standard InChI is InChI=1S/C14H12BrFN2O2S/c15-9-6-7(4-5-10(9)16)17-14-18-12-8(13(19)20)2-1-3-11(12)21-14/h4-6,8H,1-3H2,(H,17,18)(H,19,20). The predicted octanol–water partition coefficient (Wildman–Crippen LogP) is 4.29. The Hall–Kier alpha value is -1.47. The van der Waals surface area contributed by atoms with Crippen LogP contribution in [0.3, 0.4) is 0 Å². The van der Waals surface area contributed by atoms with Gasteiger partial charge in [0, 0.05) is 10.6 Å². The molecule has 0 bridgehead atoms. The Morgan fingerprint density at radius 2 is 2.33 bits per heavy atom. The number of anilines is 2. The van der Waals surface area contributed by atoms with E-state index in [9.17, 15) is 14.3 Å². The van der Waals surface area contributed by atoms with E-state index in [1.165, 1.54) is 17.4 Å². The Morgan fingerprint density at radius 1 is 1.52 bits per heavy atom. The largest absolute Gasteiger partial charge is 0.481 e. The summed E-state index contributed by atoms with van der Waals surface area (Å²) >= 11 is 4.60. The zero-order valence-corrected chi connectivity index (χ0v) is 13.3. The maximum atomic E-state index is 13.2. The number of rotatable bonds is 3. The molecular formula is C14H12BrFN2O2S. The maximum Gasteiger partial charge on any atom is 0.312 e. The number of nitrogens with one attached hydrogen (secondary N) is 1.